The lowest BCUT2D eigenvalue weighted by Crippen LogP contribution is -2.40. The first-order valence-corrected chi connectivity index (χ1v) is 9.52. The molecule has 0 radical (unpaired) electrons. The quantitative estimate of drug-likeness (QED) is 0.675. The summed E-state index contributed by atoms with van der Waals surface area (Å²) in [6, 6.07) is 8.89. The van der Waals surface area contributed by atoms with Gasteiger partial charge in [0.1, 0.15) is 11.3 Å². The van der Waals surface area contributed by atoms with E-state index in [1.807, 2.05) is 0 Å². The fourth-order valence-corrected chi connectivity index (χ4v) is 3.34. The third-order valence-electron chi connectivity index (χ3n) is 4.93. The first-order valence-electron chi connectivity index (χ1n) is 9.52. The lowest BCUT2D eigenvalue weighted by atomic mass is 10.1. The Morgan fingerprint density at radius 2 is 1.84 bits per heavy atom. The van der Waals surface area contributed by atoms with E-state index in [2.05, 4.69) is 15.3 Å². The Morgan fingerprint density at radius 3 is 2.48 bits per heavy atom. The highest BCUT2D eigenvalue weighted by atomic mass is 19.4. The smallest absolute Gasteiger partial charge is 0.417 e. The number of hydrogen-bond donors (Lipinski definition) is 1. The van der Waals surface area contributed by atoms with Gasteiger partial charge in [0.05, 0.1) is 25.9 Å². The Kier molecular flexibility index (Phi) is 5.64. The predicted octanol–water partition coefficient (Wildman–Crippen LogP) is 3.87. The van der Waals surface area contributed by atoms with Crippen LogP contribution in [0.4, 0.5) is 24.8 Å². The van der Waals surface area contributed by atoms with Crippen LogP contribution in [0.2, 0.25) is 0 Å². The highest BCUT2D eigenvalue weighted by Crippen LogP contribution is 2.37. The number of fused-ring (bicyclic) bond motifs is 1. The molecule has 1 N–H and O–H groups in total. The van der Waals surface area contributed by atoms with E-state index < -0.39 is 11.7 Å². The van der Waals surface area contributed by atoms with Crippen molar-refractivity contribution < 1.29 is 27.4 Å². The minimum absolute atomic E-state index is 0.0499. The summed E-state index contributed by atoms with van der Waals surface area (Å²) in [6.45, 7) is 2.13. The molecular weight excluding hydrogens is 413 g/mol. The minimum atomic E-state index is -4.54. The van der Waals surface area contributed by atoms with Crippen LogP contribution in [0.3, 0.4) is 0 Å². The average Bonchev–Trinajstić information content (AvgIpc) is 2.78. The van der Waals surface area contributed by atoms with Crippen molar-refractivity contribution >= 4 is 28.4 Å². The number of methoxy groups -OCH3 is 1. The Balaban J connectivity index is 1.57. The molecule has 0 unspecified atom stereocenters. The molecule has 162 valence electrons. The summed E-state index contributed by atoms with van der Waals surface area (Å²) in [5.41, 5.74) is 0.335. The van der Waals surface area contributed by atoms with E-state index in [-0.39, 0.29) is 28.5 Å². The van der Waals surface area contributed by atoms with Crippen molar-refractivity contribution in [2.24, 2.45) is 0 Å². The second kappa shape index (κ2) is 8.38. The highest BCUT2D eigenvalue weighted by Gasteiger charge is 2.33. The molecule has 3 aromatic rings. The first kappa shape index (κ1) is 20.9. The molecule has 0 aliphatic carbocycles. The van der Waals surface area contributed by atoms with Gasteiger partial charge in [-0.3, -0.25) is 4.79 Å². The number of carbonyl (C=O) groups is 1. The molecule has 1 amide bonds. The van der Waals surface area contributed by atoms with Gasteiger partial charge in [0.25, 0.3) is 5.91 Å². The van der Waals surface area contributed by atoms with E-state index in [1.165, 1.54) is 13.2 Å². The fraction of sp³-hybridized carbons (Fsp3) is 0.286. The normalized spacial score (nSPS) is 14.5. The number of morpholine rings is 1. The van der Waals surface area contributed by atoms with E-state index >= 15 is 0 Å². The van der Waals surface area contributed by atoms with Gasteiger partial charge in [0.15, 0.2) is 0 Å². The van der Waals surface area contributed by atoms with E-state index in [0.29, 0.717) is 37.6 Å². The number of amides is 1. The number of ether oxygens (including phenoxy) is 2. The second-order valence-electron chi connectivity index (χ2n) is 6.88. The van der Waals surface area contributed by atoms with Gasteiger partial charge in [-0.25, -0.2) is 9.97 Å². The molecule has 2 heterocycles. The zero-order chi connectivity index (χ0) is 22.0. The number of alkyl halides is 3. The van der Waals surface area contributed by atoms with Crippen LogP contribution in [0.1, 0.15) is 15.9 Å². The predicted molar refractivity (Wildman–Crippen MR) is 108 cm³/mol. The SMILES string of the molecule is COc1ccc(C(F)(F)F)c2cnc(Nc3ccc(C(=O)N4CCOCC4)cc3)nc12. The summed E-state index contributed by atoms with van der Waals surface area (Å²) in [7, 11) is 1.36. The van der Waals surface area contributed by atoms with Gasteiger partial charge in [-0.15, -0.1) is 0 Å². The van der Waals surface area contributed by atoms with Crippen molar-refractivity contribution in [1.29, 1.82) is 0 Å². The maximum atomic E-state index is 13.3. The monoisotopic (exact) mass is 432 g/mol. The van der Waals surface area contributed by atoms with Crippen LogP contribution in [-0.2, 0) is 10.9 Å². The number of anilines is 2. The molecular formula is C21H19F3N4O3. The molecule has 1 saturated heterocycles. The number of benzene rings is 2. The molecule has 1 aliphatic heterocycles. The van der Waals surface area contributed by atoms with Crippen molar-refractivity contribution in [2.45, 2.75) is 6.18 Å². The standard InChI is InChI=1S/C21H19F3N4O3/c1-30-17-7-6-16(21(22,23)24)15-12-25-20(27-18(15)17)26-14-4-2-13(3-5-14)19(29)28-8-10-31-11-9-28/h2-7,12H,8-11H2,1H3,(H,25,26,27). The topological polar surface area (TPSA) is 76.6 Å². The summed E-state index contributed by atoms with van der Waals surface area (Å²) in [6.07, 6.45) is -3.42. The molecule has 0 bridgehead atoms. The number of carbonyl (C=O) groups excluding carboxylic acids is 1. The van der Waals surface area contributed by atoms with Gasteiger partial charge < -0.3 is 19.7 Å². The van der Waals surface area contributed by atoms with Crippen LogP contribution < -0.4 is 10.1 Å². The van der Waals surface area contributed by atoms with Gasteiger partial charge in [0, 0.05) is 35.9 Å². The van der Waals surface area contributed by atoms with Crippen molar-refractivity contribution in [3.8, 4) is 5.75 Å². The number of nitrogens with one attached hydrogen (secondary N) is 1. The number of aromatic nitrogens is 2. The van der Waals surface area contributed by atoms with Crippen LogP contribution in [0, 0.1) is 0 Å². The first-order chi connectivity index (χ1) is 14.9. The van der Waals surface area contributed by atoms with Crippen molar-refractivity contribution in [3.05, 3.63) is 53.7 Å². The zero-order valence-electron chi connectivity index (χ0n) is 16.6. The zero-order valence-corrected chi connectivity index (χ0v) is 16.6. The number of halogens is 3. The Hall–Kier alpha value is -3.40. The van der Waals surface area contributed by atoms with Crippen LogP contribution in [0.15, 0.2) is 42.6 Å². The summed E-state index contributed by atoms with van der Waals surface area (Å²) in [4.78, 5) is 22.5. The van der Waals surface area contributed by atoms with E-state index in [9.17, 15) is 18.0 Å². The maximum absolute atomic E-state index is 13.3. The summed E-state index contributed by atoms with van der Waals surface area (Å²) >= 11 is 0. The number of rotatable bonds is 4. The van der Waals surface area contributed by atoms with E-state index in [1.54, 1.807) is 29.2 Å². The van der Waals surface area contributed by atoms with Gasteiger partial charge in [-0.1, -0.05) is 0 Å². The molecule has 1 aromatic heterocycles. The molecule has 1 aliphatic rings. The molecule has 4 rings (SSSR count). The lowest BCUT2D eigenvalue weighted by molar-refractivity contribution is -0.136. The van der Waals surface area contributed by atoms with Gasteiger partial charge >= 0.3 is 6.18 Å². The van der Waals surface area contributed by atoms with E-state index in [4.69, 9.17) is 9.47 Å². The maximum Gasteiger partial charge on any atom is 0.417 e. The Bertz CT molecular complexity index is 1100. The molecule has 7 nitrogen and oxygen atoms in total. The fourth-order valence-electron chi connectivity index (χ4n) is 3.34. The number of nitrogens with zero attached hydrogens (tertiary/aromatic N) is 3. The van der Waals surface area contributed by atoms with Gasteiger partial charge in [-0.05, 0) is 36.4 Å². The Labute approximate surface area is 175 Å². The van der Waals surface area contributed by atoms with Crippen LogP contribution >= 0.6 is 0 Å². The molecule has 31 heavy (non-hydrogen) atoms. The van der Waals surface area contributed by atoms with Crippen molar-refractivity contribution in [1.82, 2.24) is 14.9 Å². The van der Waals surface area contributed by atoms with Gasteiger partial charge in [-0.2, -0.15) is 13.2 Å². The van der Waals surface area contributed by atoms with Crippen molar-refractivity contribution in [3.63, 3.8) is 0 Å². The van der Waals surface area contributed by atoms with Crippen LogP contribution in [-0.4, -0.2) is 54.2 Å². The Morgan fingerprint density at radius 1 is 1.13 bits per heavy atom. The molecule has 0 spiro atoms. The number of hydrogen-bond acceptors (Lipinski definition) is 6. The highest BCUT2D eigenvalue weighted by molar-refractivity contribution is 5.94. The molecule has 0 atom stereocenters. The summed E-state index contributed by atoms with van der Waals surface area (Å²) in [5.74, 6) is 0.235. The van der Waals surface area contributed by atoms with E-state index in [0.717, 1.165) is 12.3 Å². The van der Waals surface area contributed by atoms with Crippen molar-refractivity contribution in [2.75, 3.05) is 38.7 Å². The minimum Gasteiger partial charge on any atom is -0.494 e. The molecule has 1 fully saturated rings. The molecule has 2 aromatic carbocycles. The van der Waals surface area contributed by atoms with Crippen LogP contribution in [0.25, 0.3) is 10.9 Å². The largest absolute Gasteiger partial charge is 0.494 e. The van der Waals surface area contributed by atoms with Crippen LogP contribution in [0.5, 0.6) is 5.75 Å². The summed E-state index contributed by atoms with van der Waals surface area (Å²) in [5, 5.41) is 2.80. The summed E-state index contributed by atoms with van der Waals surface area (Å²) < 4.78 is 50.3. The second-order valence-corrected chi connectivity index (χ2v) is 6.88. The average molecular weight is 432 g/mol. The molecule has 10 heteroatoms. The van der Waals surface area contributed by atoms with Gasteiger partial charge in [0.2, 0.25) is 5.95 Å². The third-order valence-corrected chi connectivity index (χ3v) is 4.93. The molecule has 0 saturated carbocycles. The third kappa shape index (κ3) is 4.38. The lowest BCUT2D eigenvalue weighted by Gasteiger charge is -2.26.